The average Bonchev–Trinajstić information content (AvgIpc) is 2.54. The Morgan fingerprint density at radius 1 is 1.14 bits per heavy atom. The summed E-state index contributed by atoms with van der Waals surface area (Å²) in [7, 11) is 5.13. The maximum Gasteiger partial charge on any atom is 0.124 e. The first-order valence-electron chi connectivity index (χ1n) is 7.56. The summed E-state index contributed by atoms with van der Waals surface area (Å²) in [6.07, 6.45) is 1.96. The molecule has 120 valence electrons. The monoisotopic (exact) mass is 295 g/mol. The van der Waals surface area contributed by atoms with Crippen molar-refractivity contribution in [1.82, 2.24) is 5.32 Å². The van der Waals surface area contributed by atoms with Gasteiger partial charge >= 0.3 is 0 Å². The summed E-state index contributed by atoms with van der Waals surface area (Å²) in [5, 5.41) is 3.59. The Kier molecular flexibility index (Phi) is 6.99. The van der Waals surface area contributed by atoms with Crippen LogP contribution in [0.5, 0.6) is 11.5 Å². The number of ether oxygens (including phenoxy) is 3. The maximum absolute atomic E-state index is 5.81. The van der Waals surface area contributed by atoms with Crippen molar-refractivity contribution in [1.29, 1.82) is 0 Å². The van der Waals surface area contributed by atoms with Crippen LogP contribution in [0.1, 0.15) is 45.2 Å². The van der Waals surface area contributed by atoms with E-state index in [1.54, 1.807) is 21.3 Å². The number of hydrogen-bond acceptors (Lipinski definition) is 4. The van der Waals surface area contributed by atoms with E-state index in [0.29, 0.717) is 0 Å². The highest BCUT2D eigenvalue weighted by Gasteiger charge is 2.35. The van der Waals surface area contributed by atoms with Gasteiger partial charge in [-0.1, -0.05) is 13.8 Å². The van der Waals surface area contributed by atoms with E-state index in [-0.39, 0.29) is 11.6 Å². The summed E-state index contributed by atoms with van der Waals surface area (Å²) in [6.45, 7) is 7.34. The zero-order valence-electron chi connectivity index (χ0n) is 14.2. The molecule has 21 heavy (non-hydrogen) atoms. The molecule has 2 atom stereocenters. The molecule has 0 aliphatic rings. The fourth-order valence-electron chi connectivity index (χ4n) is 2.47. The van der Waals surface area contributed by atoms with Crippen LogP contribution in [0.25, 0.3) is 0 Å². The van der Waals surface area contributed by atoms with Gasteiger partial charge in [0.1, 0.15) is 11.5 Å². The van der Waals surface area contributed by atoms with Crippen molar-refractivity contribution in [2.75, 3.05) is 27.9 Å². The lowest BCUT2D eigenvalue weighted by Crippen LogP contribution is -2.43. The van der Waals surface area contributed by atoms with Crippen LogP contribution >= 0.6 is 0 Å². The van der Waals surface area contributed by atoms with Crippen LogP contribution < -0.4 is 14.8 Å². The summed E-state index contributed by atoms with van der Waals surface area (Å²) in [5.41, 5.74) is 0.756. The molecule has 0 aliphatic carbocycles. The molecule has 4 heteroatoms. The van der Waals surface area contributed by atoms with E-state index in [9.17, 15) is 0 Å². The van der Waals surface area contributed by atoms with E-state index in [4.69, 9.17) is 14.2 Å². The third kappa shape index (κ3) is 4.11. The van der Waals surface area contributed by atoms with E-state index in [1.807, 2.05) is 18.2 Å². The van der Waals surface area contributed by atoms with Crippen LogP contribution in [0.3, 0.4) is 0 Å². The second kappa shape index (κ2) is 8.25. The van der Waals surface area contributed by atoms with Gasteiger partial charge in [-0.25, -0.2) is 0 Å². The van der Waals surface area contributed by atoms with Gasteiger partial charge in [-0.15, -0.1) is 0 Å². The van der Waals surface area contributed by atoms with Gasteiger partial charge in [0.15, 0.2) is 0 Å². The van der Waals surface area contributed by atoms with Gasteiger partial charge in [0.05, 0.1) is 25.9 Å². The predicted octanol–water partition coefficient (Wildman–Crippen LogP) is 3.56. The molecule has 0 radical (unpaired) electrons. The minimum Gasteiger partial charge on any atom is -0.497 e. The Labute approximate surface area is 128 Å². The van der Waals surface area contributed by atoms with Crippen LogP contribution in [-0.4, -0.2) is 33.5 Å². The Bertz CT molecular complexity index is 430. The lowest BCUT2D eigenvalue weighted by atomic mass is 9.86. The van der Waals surface area contributed by atoms with E-state index in [0.717, 1.165) is 36.4 Å². The minimum absolute atomic E-state index is 0.0394. The van der Waals surface area contributed by atoms with Crippen LogP contribution in [0.15, 0.2) is 18.2 Å². The zero-order chi connectivity index (χ0) is 15.9. The molecule has 0 saturated carbocycles. The van der Waals surface area contributed by atoms with Crippen molar-refractivity contribution in [2.45, 2.75) is 45.3 Å². The fraction of sp³-hybridized carbons (Fsp3) is 0.647. The van der Waals surface area contributed by atoms with Crippen molar-refractivity contribution in [3.63, 3.8) is 0 Å². The summed E-state index contributed by atoms with van der Waals surface area (Å²) >= 11 is 0. The summed E-state index contributed by atoms with van der Waals surface area (Å²) in [4.78, 5) is 0. The quantitative estimate of drug-likeness (QED) is 0.756. The van der Waals surface area contributed by atoms with Crippen molar-refractivity contribution in [3.8, 4) is 11.5 Å². The number of benzene rings is 1. The van der Waals surface area contributed by atoms with Gasteiger partial charge in [-0.3, -0.25) is 0 Å². The third-order valence-corrected chi connectivity index (χ3v) is 4.13. The highest BCUT2D eigenvalue weighted by Crippen LogP contribution is 2.38. The fourth-order valence-corrected chi connectivity index (χ4v) is 2.47. The average molecular weight is 295 g/mol. The van der Waals surface area contributed by atoms with Crippen molar-refractivity contribution in [3.05, 3.63) is 23.8 Å². The Morgan fingerprint density at radius 3 is 2.33 bits per heavy atom. The third-order valence-electron chi connectivity index (χ3n) is 4.13. The molecule has 1 aromatic carbocycles. The molecular formula is C17H29NO3. The highest BCUT2D eigenvalue weighted by atomic mass is 16.5. The normalized spacial score (nSPS) is 15.3. The van der Waals surface area contributed by atoms with Gasteiger partial charge in [0.2, 0.25) is 0 Å². The number of nitrogens with one attached hydrogen (secondary N) is 1. The van der Waals surface area contributed by atoms with Gasteiger partial charge in [0.25, 0.3) is 0 Å². The van der Waals surface area contributed by atoms with Crippen LogP contribution in [0, 0.1) is 0 Å². The predicted molar refractivity (Wildman–Crippen MR) is 86.3 cm³/mol. The molecule has 0 aromatic heterocycles. The molecule has 1 rings (SSSR count). The summed E-state index contributed by atoms with van der Waals surface area (Å²) < 4.78 is 16.7. The van der Waals surface area contributed by atoms with Crippen LogP contribution in [-0.2, 0) is 4.74 Å². The molecule has 1 aromatic rings. The summed E-state index contributed by atoms with van der Waals surface area (Å²) in [5.74, 6) is 1.67. The molecule has 1 N–H and O–H groups in total. The topological polar surface area (TPSA) is 39.7 Å². The second-order valence-electron chi connectivity index (χ2n) is 5.37. The molecule has 0 saturated heterocycles. The molecule has 4 nitrogen and oxygen atoms in total. The summed E-state index contributed by atoms with van der Waals surface area (Å²) in [6, 6.07) is 5.92. The van der Waals surface area contributed by atoms with Gasteiger partial charge in [-0.2, -0.15) is 0 Å². The van der Waals surface area contributed by atoms with E-state index >= 15 is 0 Å². The molecule has 0 spiro atoms. The Balaban J connectivity index is 3.29. The van der Waals surface area contributed by atoms with Crippen LogP contribution in [0.2, 0.25) is 0 Å². The van der Waals surface area contributed by atoms with Crippen molar-refractivity contribution in [2.24, 2.45) is 0 Å². The molecule has 0 aliphatic heterocycles. The number of methoxy groups -OCH3 is 3. The highest BCUT2D eigenvalue weighted by molar-refractivity contribution is 5.43. The standard InChI is InChI=1S/C17H29NO3/c1-7-11-18-16(17(3,8-2)21-6)14-12-13(19-4)9-10-15(14)20-5/h9-10,12,16,18H,7-8,11H2,1-6H3. The molecule has 0 bridgehead atoms. The van der Waals surface area contributed by atoms with E-state index in [1.165, 1.54) is 0 Å². The first kappa shape index (κ1) is 17.8. The molecule has 0 fully saturated rings. The van der Waals surface area contributed by atoms with Gasteiger partial charge in [0, 0.05) is 12.7 Å². The van der Waals surface area contributed by atoms with Crippen molar-refractivity contribution < 1.29 is 14.2 Å². The SMILES string of the molecule is CCCNC(c1cc(OC)ccc1OC)C(C)(CC)OC. The van der Waals surface area contributed by atoms with E-state index < -0.39 is 0 Å². The molecular weight excluding hydrogens is 266 g/mol. The van der Waals surface area contributed by atoms with E-state index in [2.05, 4.69) is 26.1 Å². The molecule has 2 unspecified atom stereocenters. The number of rotatable bonds is 9. The number of hydrogen-bond donors (Lipinski definition) is 1. The zero-order valence-corrected chi connectivity index (χ0v) is 14.2. The minimum atomic E-state index is -0.311. The van der Waals surface area contributed by atoms with Gasteiger partial charge < -0.3 is 19.5 Å². The Hall–Kier alpha value is -1.26. The molecule has 0 amide bonds. The molecule has 0 heterocycles. The Morgan fingerprint density at radius 2 is 1.86 bits per heavy atom. The lowest BCUT2D eigenvalue weighted by molar-refractivity contribution is -0.0305. The lowest BCUT2D eigenvalue weighted by Gasteiger charge is -2.37. The largest absolute Gasteiger partial charge is 0.497 e. The van der Waals surface area contributed by atoms with Crippen molar-refractivity contribution >= 4 is 0 Å². The second-order valence-corrected chi connectivity index (χ2v) is 5.37. The van der Waals surface area contributed by atoms with Gasteiger partial charge in [-0.05, 0) is 44.5 Å². The first-order chi connectivity index (χ1) is 10.1. The van der Waals surface area contributed by atoms with Crippen LogP contribution in [0.4, 0.5) is 0 Å². The first-order valence-corrected chi connectivity index (χ1v) is 7.56. The smallest absolute Gasteiger partial charge is 0.124 e. The maximum atomic E-state index is 5.81.